The van der Waals surface area contributed by atoms with Gasteiger partial charge in [0.05, 0.1) is 17.0 Å². The normalized spacial score (nSPS) is 16.8. The second-order valence-electron chi connectivity index (χ2n) is 6.27. The molecular formula is C18H20ClN3O3S. The van der Waals surface area contributed by atoms with Gasteiger partial charge in [0.1, 0.15) is 5.76 Å². The van der Waals surface area contributed by atoms with Gasteiger partial charge in [0.2, 0.25) is 11.8 Å². The van der Waals surface area contributed by atoms with Crippen LogP contribution in [0.5, 0.6) is 0 Å². The Labute approximate surface area is 161 Å². The van der Waals surface area contributed by atoms with Crippen molar-refractivity contribution in [3.8, 4) is 0 Å². The van der Waals surface area contributed by atoms with Crippen LogP contribution in [0.1, 0.15) is 36.3 Å². The molecule has 2 unspecified atom stereocenters. The highest BCUT2D eigenvalue weighted by Crippen LogP contribution is 2.32. The number of rotatable bonds is 6. The highest BCUT2D eigenvalue weighted by Gasteiger charge is 2.24. The van der Waals surface area contributed by atoms with Crippen molar-refractivity contribution in [2.45, 2.75) is 38.0 Å². The molecule has 2 amide bonds. The summed E-state index contributed by atoms with van der Waals surface area (Å²) in [7, 11) is 0. The topological polar surface area (TPSA) is 84.2 Å². The molecule has 0 spiro atoms. The molecule has 2 atom stereocenters. The van der Waals surface area contributed by atoms with Crippen molar-refractivity contribution in [1.82, 2.24) is 10.5 Å². The largest absolute Gasteiger partial charge is 0.360 e. The monoisotopic (exact) mass is 393 g/mol. The number of nitrogens with one attached hydrogen (secondary N) is 2. The molecule has 8 heteroatoms. The number of thioether (sulfide) groups is 1. The lowest BCUT2D eigenvalue weighted by atomic mass is 10.1. The zero-order valence-corrected chi connectivity index (χ0v) is 16.1. The van der Waals surface area contributed by atoms with Crippen molar-refractivity contribution in [2.24, 2.45) is 0 Å². The highest BCUT2D eigenvalue weighted by molar-refractivity contribution is 8.01. The molecular weight excluding hydrogens is 374 g/mol. The van der Waals surface area contributed by atoms with Crippen molar-refractivity contribution < 1.29 is 14.1 Å². The summed E-state index contributed by atoms with van der Waals surface area (Å²) in [5.74, 6) is 0.923. The lowest BCUT2D eigenvalue weighted by Crippen LogP contribution is -2.30. The van der Waals surface area contributed by atoms with E-state index in [1.165, 1.54) is 17.3 Å². The molecule has 0 radical (unpaired) electrons. The fourth-order valence-corrected chi connectivity index (χ4v) is 3.79. The first-order chi connectivity index (χ1) is 12.4. The van der Waals surface area contributed by atoms with Gasteiger partial charge in [-0.3, -0.25) is 9.59 Å². The second kappa shape index (κ2) is 8.14. The van der Waals surface area contributed by atoms with Gasteiger partial charge in [-0.25, -0.2) is 0 Å². The van der Waals surface area contributed by atoms with Crippen molar-refractivity contribution >= 4 is 41.0 Å². The zero-order valence-electron chi connectivity index (χ0n) is 14.5. The molecule has 6 nitrogen and oxygen atoms in total. The lowest BCUT2D eigenvalue weighted by molar-refractivity contribution is -0.119. The Hall–Kier alpha value is -1.99. The van der Waals surface area contributed by atoms with Gasteiger partial charge in [0.15, 0.2) is 5.82 Å². The van der Waals surface area contributed by atoms with Gasteiger partial charge >= 0.3 is 0 Å². The maximum absolute atomic E-state index is 12.2. The third-order valence-corrected chi connectivity index (χ3v) is 5.61. The maximum atomic E-state index is 12.2. The van der Waals surface area contributed by atoms with E-state index in [-0.39, 0.29) is 28.9 Å². The minimum Gasteiger partial charge on any atom is -0.360 e. The van der Waals surface area contributed by atoms with E-state index in [1.54, 1.807) is 19.9 Å². The zero-order chi connectivity index (χ0) is 18.7. The van der Waals surface area contributed by atoms with Crippen molar-refractivity contribution in [3.63, 3.8) is 0 Å². The van der Waals surface area contributed by atoms with E-state index in [0.717, 1.165) is 18.4 Å². The van der Waals surface area contributed by atoms with E-state index in [4.69, 9.17) is 16.1 Å². The fraction of sp³-hybridized carbons (Fsp3) is 0.389. The molecule has 1 aliphatic carbocycles. The first-order valence-electron chi connectivity index (χ1n) is 8.36. The number of hydrogen-bond acceptors (Lipinski definition) is 5. The molecule has 0 aliphatic heterocycles. The first-order valence-corrected chi connectivity index (χ1v) is 9.78. The number of nitrogens with zero attached hydrogens (tertiary/aromatic N) is 1. The van der Waals surface area contributed by atoms with Crippen molar-refractivity contribution in [2.75, 3.05) is 11.1 Å². The molecule has 1 heterocycles. The van der Waals surface area contributed by atoms with Crippen LogP contribution in [0, 0.1) is 6.92 Å². The van der Waals surface area contributed by atoms with Gasteiger partial charge in [0.25, 0.3) is 0 Å². The Kier molecular flexibility index (Phi) is 5.88. The quantitative estimate of drug-likeness (QED) is 0.784. The van der Waals surface area contributed by atoms with Crippen LogP contribution in [0.15, 0.2) is 28.8 Å². The molecule has 2 N–H and O–H groups in total. The maximum Gasteiger partial charge on any atom is 0.238 e. The number of halogens is 1. The van der Waals surface area contributed by atoms with Crippen molar-refractivity contribution in [3.05, 3.63) is 46.2 Å². The number of carbonyl (C=O) groups is 2. The summed E-state index contributed by atoms with van der Waals surface area (Å²) < 4.78 is 4.91. The van der Waals surface area contributed by atoms with Crippen LogP contribution in [0.25, 0.3) is 0 Å². The summed E-state index contributed by atoms with van der Waals surface area (Å²) in [5.41, 5.74) is 2.31. The van der Waals surface area contributed by atoms with E-state index in [1.807, 2.05) is 18.2 Å². The van der Waals surface area contributed by atoms with Crippen LogP contribution in [0.2, 0.25) is 5.02 Å². The SMILES string of the molecule is Cc1cc(NC(=O)C(C)SCC(=O)NC2CCc3cc(Cl)ccc32)no1. The van der Waals surface area contributed by atoms with E-state index < -0.39 is 0 Å². The fourth-order valence-electron chi connectivity index (χ4n) is 2.90. The molecule has 1 aromatic carbocycles. The summed E-state index contributed by atoms with van der Waals surface area (Å²) in [6, 6.07) is 7.43. The molecule has 0 saturated carbocycles. The molecule has 3 rings (SSSR count). The predicted octanol–water partition coefficient (Wildman–Crippen LogP) is 3.50. The third kappa shape index (κ3) is 4.59. The van der Waals surface area contributed by atoms with Gasteiger partial charge in [-0.2, -0.15) is 0 Å². The number of aryl methyl sites for hydroxylation is 2. The van der Waals surface area contributed by atoms with Crippen LogP contribution in [-0.2, 0) is 16.0 Å². The third-order valence-electron chi connectivity index (χ3n) is 4.23. The number of aromatic nitrogens is 1. The number of carbonyl (C=O) groups excluding carboxylic acids is 2. The molecule has 1 aliphatic rings. The van der Waals surface area contributed by atoms with Gasteiger partial charge in [-0.15, -0.1) is 11.8 Å². The van der Waals surface area contributed by atoms with Crippen LogP contribution in [-0.4, -0.2) is 28.0 Å². The second-order valence-corrected chi connectivity index (χ2v) is 8.03. The van der Waals surface area contributed by atoms with Gasteiger partial charge in [-0.1, -0.05) is 22.8 Å². The van der Waals surface area contributed by atoms with Gasteiger partial charge in [0, 0.05) is 11.1 Å². The van der Waals surface area contributed by atoms with Crippen molar-refractivity contribution in [1.29, 1.82) is 0 Å². The standard InChI is InChI=1S/C18H20ClN3O3S/c1-10-7-16(22-25-10)21-18(24)11(2)26-9-17(23)20-15-6-3-12-8-13(19)4-5-14(12)15/h4-5,7-8,11,15H,3,6,9H2,1-2H3,(H,20,23)(H,21,22,24). The number of hydrogen-bond donors (Lipinski definition) is 2. The molecule has 1 aromatic heterocycles. The molecule has 138 valence electrons. The summed E-state index contributed by atoms with van der Waals surface area (Å²) in [4.78, 5) is 24.4. The van der Waals surface area contributed by atoms with Gasteiger partial charge in [-0.05, 0) is 49.9 Å². The Balaban J connectivity index is 1.46. The summed E-state index contributed by atoms with van der Waals surface area (Å²) in [6.07, 6.45) is 1.78. The predicted molar refractivity (Wildman–Crippen MR) is 102 cm³/mol. The van der Waals surface area contributed by atoms with Gasteiger partial charge < -0.3 is 15.2 Å². The average Bonchev–Trinajstić information content (AvgIpc) is 3.18. The van der Waals surface area contributed by atoms with Crippen LogP contribution in [0.4, 0.5) is 5.82 Å². The van der Waals surface area contributed by atoms with Crippen LogP contribution >= 0.6 is 23.4 Å². The molecule has 2 aromatic rings. The Bertz CT molecular complexity index is 824. The molecule has 0 fully saturated rings. The van der Waals surface area contributed by atoms with E-state index in [2.05, 4.69) is 15.8 Å². The van der Waals surface area contributed by atoms with E-state index in [9.17, 15) is 9.59 Å². The Morgan fingerprint density at radius 3 is 2.96 bits per heavy atom. The molecule has 0 bridgehead atoms. The summed E-state index contributed by atoms with van der Waals surface area (Å²) in [6.45, 7) is 3.51. The number of anilines is 1. The molecule has 0 saturated heterocycles. The first kappa shape index (κ1) is 18.8. The van der Waals surface area contributed by atoms with E-state index in [0.29, 0.717) is 16.6 Å². The molecule has 26 heavy (non-hydrogen) atoms. The Morgan fingerprint density at radius 2 is 2.23 bits per heavy atom. The number of benzene rings is 1. The van der Waals surface area contributed by atoms with Crippen LogP contribution in [0.3, 0.4) is 0 Å². The highest BCUT2D eigenvalue weighted by atomic mass is 35.5. The Morgan fingerprint density at radius 1 is 1.42 bits per heavy atom. The number of amides is 2. The van der Waals surface area contributed by atoms with Crippen LogP contribution < -0.4 is 10.6 Å². The smallest absolute Gasteiger partial charge is 0.238 e. The summed E-state index contributed by atoms with van der Waals surface area (Å²) >= 11 is 7.29. The summed E-state index contributed by atoms with van der Waals surface area (Å²) in [5, 5.41) is 9.77. The average molecular weight is 394 g/mol. The number of fused-ring (bicyclic) bond motifs is 1. The minimum atomic E-state index is -0.382. The van der Waals surface area contributed by atoms with E-state index >= 15 is 0 Å². The minimum absolute atomic E-state index is 0.0117. The lowest BCUT2D eigenvalue weighted by Gasteiger charge is -2.15.